The minimum absolute atomic E-state index is 0.325. The molecule has 3 heteroatoms. The van der Waals surface area contributed by atoms with Crippen molar-refractivity contribution in [3.05, 3.63) is 17.0 Å². The Balaban J connectivity index is 1.97. The molecule has 3 nitrogen and oxygen atoms in total. The van der Waals surface area contributed by atoms with Gasteiger partial charge in [0.1, 0.15) is 5.78 Å². The molecular weight excluding hydrogens is 248 g/mol. The minimum Gasteiger partial charge on any atom is -0.299 e. The van der Waals surface area contributed by atoms with Crippen molar-refractivity contribution in [2.24, 2.45) is 18.9 Å². The van der Waals surface area contributed by atoms with Crippen LogP contribution in [-0.4, -0.2) is 15.6 Å². The van der Waals surface area contributed by atoms with Crippen LogP contribution in [0, 0.1) is 25.7 Å². The first-order chi connectivity index (χ1) is 9.54. The van der Waals surface area contributed by atoms with Crippen LogP contribution < -0.4 is 0 Å². The molecule has 0 amide bonds. The van der Waals surface area contributed by atoms with Gasteiger partial charge in [0.2, 0.25) is 0 Å². The van der Waals surface area contributed by atoms with Crippen LogP contribution in [0.4, 0.5) is 0 Å². The largest absolute Gasteiger partial charge is 0.299 e. The number of hydrogen-bond acceptors (Lipinski definition) is 2. The Labute approximate surface area is 122 Å². The number of Topliss-reactive ketones (excluding diaryl/α,β-unsaturated/α-hetero) is 1. The molecule has 20 heavy (non-hydrogen) atoms. The summed E-state index contributed by atoms with van der Waals surface area (Å²) in [5, 5.41) is 4.44. The van der Waals surface area contributed by atoms with Crippen LogP contribution in [0.15, 0.2) is 0 Å². The van der Waals surface area contributed by atoms with Gasteiger partial charge in [-0.05, 0) is 44.6 Å². The van der Waals surface area contributed by atoms with Gasteiger partial charge in [-0.15, -0.1) is 0 Å². The highest BCUT2D eigenvalue weighted by atomic mass is 16.1. The van der Waals surface area contributed by atoms with Crippen molar-refractivity contribution in [3.63, 3.8) is 0 Å². The minimum atomic E-state index is 0.325. The third-order valence-corrected chi connectivity index (χ3v) is 5.13. The van der Waals surface area contributed by atoms with Gasteiger partial charge in [-0.25, -0.2) is 0 Å². The van der Waals surface area contributed by atoms with Crippen LogP contribution in [0.5, 0.6) is 0 Å². The molecule has 2 unspecified atom stereocenters. The van der Waals surface area contributed by atoms with Gasteiger partial charge in [-0.1, -0.05) is 26.2 Å². The lowest BCUT2D eigenvalue weighted by atomic mass is 9.74. The van der Waals surface area contributed by atoms with Crippen molar-refractivity contribution < 1.29 is 4.79 Å². The quantitative estimate of drug-likeness (QED) is 0.821. The van der Waals surface area contributed by atoms with E-state index in [0.717, 1.165) is 25.0 Å². The van der Waals surface area contributed by atoms with E-state index in [-0.39, 0.29) is 0 Å². The lowest BCUT2D eigenvalue weighted by Crippen LogP contribution is -2.27. The summed E-state index contributed by atoms with van der Waals surface area (Å²) in [7, 11) is 1.97. The molecule has 1 aromatic rings. The molecule has 1 fully saturated rings. The fraction of sp³-hybridized carbons (Fsp3) is 0.765. The van der Waals surface area contributed by atoms with E-state index in [4.69, 9.17) is 0 Å². The van der Waals surface area contributed by atoms with Crippen molar-refractivity contribution in [1.29, 1.82) is 0 Å². The van der Waals surface area contributed by atoms with Gasteiger partial charge in [-0.2, -0.15) is 5.10 Å². The standard InChI is InChI=1S/C17H28N2O/c1-5-14-8-6-7-9-16(14)17(20)11-10-15-12(2)18-19(4)13(15)3/h14,16H,5-11H2,1-4H3. The highest BCUT2D eigenvalue weighted by Crippen LogP contribution is 2.33. The van der Waals surface area contributed by atoms with Gasteiger partial charge >= 0.3 is 0 Å². The molecular formula is C17H28N2O. The third kappa shape index (κ3) is 3.13. The van der Waals surface area contributed by atoms with Crippen molar-refractivity contribution in [1.82, 2.24) is 9.78 Å². The van der Waals surface area contributed by atoms with Gasteiger partial charge in [0, 0.05) is 25.1 Å². The molecule has 1 heterocycles. The maximum Gasteiger partial charge on any atom is 0.136 e. The van der Waals surface area contributed by atoms with Crippen LogP contribution in [0.3, 0.4) is 0 Å². The first-order valence-electron chi connectivity index (χ1n) is 8.06. The molecule has 2 rings (SSSR count). The number of carbonyl (C=O) groups is 1. The number of aromatic nitrogens is 2. The summed E-state index contributed by atoms with van der Waals surface area (Å²) >= 11 is 0. The Morgan fingerprint density at radius 1 is 1.30 bits per heavy atom. The Kier molecular flexibility index (Phi) is 5.00. The molecule has 0 saturated heterocycles. The fourth-order valence-electron chi connectivity index (χ4n) is 3.73. The predicted molar refractivity (Wildman–Crippen MR) is 81.7 cm³/mol. The van der Waals surface area contributed by atoms with Crippen LogP contribution in [0.2, 0.25) is 0 Å². The highest BCUT2D eigenvalue weighted by molar-refractivity contribution is 5.81. The SMILES string of the molecule is CCC1CCCCC1C(=O)CCc1c(C)nn(C)c1C. The second-order valence-corrected chi connectivity index (χ2v) is 6.30. The zero-order valence-electron chi connectivity index (χ0n) is 13.4. The zero-order chi connectivity index (χ0) is 14.7. The van der Waals surface area contributed by atoms with E-state index in [1.54, 1.807) is 0 Å². The molecule has 1 aromatic heterocycles. The van der Waals surface area contributed by atoms with E-state index in [1.165, 1.54) is 30.5 Å². The average Bonchev–Trinajstić information content (AvgIpc) is 2.70. The third-order valence-electron chi connectivity index (χ3n) is 5.13. The lowest BCUT2D eigenvalue weighted by Gasteiger charge is -2.29. The normalized spacial score (nSPS) is 23.0. The smallest absolute Gasteiger partial charge is 0.136 e. The van der Waals surface area contributed by atoms with Crippen molar-refractivity contribution >= 4 is 5.78 Å². The van der Waals surface area contributed by atoms with E-state index in [2.05, 4.69) is 18.9 Å². The molecule has 1 saturated carbocycles. The molecule has 0 aromatic carbocycles. The van der Waals surface area contributed by atoms with Gasteiger partial charge in [-0.3, -0.25) is 9.48 Å². The van der Waals surface area contributed by atoms with Crippen molar-refractivity contribution in [2.75, 3.05) is 0 Å². The Bertz CT molecular complexity index is 476. The average molecular weight is 276 g/mol. The van der Waals surface area contributed by atoms with E-state index in [1.807, 2.05) is 18.7 Å². The molecule has 1 aliphatic carbocycles. The first kappa shape index (κ1) is 15.3. The maximum absolute atomic E-state index is 12.5. The summed E-state index contributed by atoms with van der Waals surface area (Å²) in [6, 6.07) is 0. The summed E-state index contributed by atoms with van der Waals surface area (Å²) in [6.07, 6.45) is 7.61. The monoisotopic (exact) mass is 276 g/mol. The van der Waals surface area contributed by atoms with Crippen LogP contribution >= 0.6 is 0 Å². The van der Waals surface area contributed by atoms with E-state index >= 15 is 0 Å². The van der Waals surface area contributed by atoms with Crippen LogP contribution in [-0.2, 0) is 18.3 Å². The maximum atomic E-state index is 12.5. The van der Waals surface area contributed by atoms with Crippen LogP contribution in [0.25, 0.3) is 0 Å². The van der Waals surface area contributed by atoms with Gasteiger partial charge < -0.3 is 0 Å². The molecule has 0 spiro atoms. The molecule has 2 atom stereocenters. The Hall–Kier alpha value is -1.12. The fourth-order valence-corrected chi connectivity index (χ4v) is 3.73. The van der Waals surface area contributed by atoms with E-state index in [0.29, 0.717) is 24.0 Å². The number of rotatable bonds is 5. The van der Waals surface area contributed by atoms with Gasteiger partial charge in [0.25, 0.3) is 0 Å². The topological polar surface area (TPSA) is 34.9 Å². The van der Waals surface area contributed by atoms with Crippen molar-refractivity contribution in [3.8, 4) is 0 Å². The molecule has 0 radical (unpaired) electrons. The number of ketones is 1. The number of hydrogen-bond donors (Lipinski definition) is 0. The Morgan fingerprint density at radius 3 is 2.60 bits per heavy atom. The molecule has 0 bridgehead atoms. The van der Waals surface area contributed by atoms with Gasteiger partial charge in [0.15, 0.2) is 0 Å². The molecule has 0 N–H and O–H groups in total. The second-order valence-electron chi connectivity index (χ2n) is 6.30. The summed E-state index contributed by atoms with van der Waals surface area (Å²) in [5.74, 6) is 1.44. The lowest BCUT2D eigenvalue weighted by molar-refractivity contribution is -0.125. The summed E-state index contributed by atoms with van der Waals surface area (Å²) in [5.41, 5.74) is 3.55. The Morgan fingerprint density at radius 2 is 2.00 bits per heavy atom. The zero-order valence-corrected chi connectivity index (χ0v) is 13.4. The summed E-state index contributed by atoms with van der Waals surface area (Å²) < 4.78 is 1.92. The highest BCUT2D eigenvalue weighted by Gasteiger charge is 2.29. The van der Waals surface area contributed by atoms with Crippen molar-refractivity contribution in [2.45, 2.75) is 65.7 Å². The predicted octanol–water partition coefficient (Wildman–Crippen LogP) is 3.76. The number of aryl methyl sites for hydroxylation is 2. The first-order valence-corrected chi connectivity index (χ1v) is 8.06. The second kappa shape index (κ2) is 6.55. The number of carbonyl (C=O) groups excluding carboxylic acids is 1. The summed E-state index contributed by atoms with van der Waals surface area (Å²) in [6.45, 7) is 6.36. The summed E-state index contributed by atoms with van der Waals surface area (Å²) in [4.78, 5) is 12.5. The van der Waals surface area contributed by atoms with Gasteiger partial charge in [0.05, 0.1) is 5.69 Å². The molecule has 112 valence electrons. The van der Waals surface area contributed by atoms with E-state index in [9.17, 15) is 4.79 Å². The molecule has 1 aliphatic rings. The number of nitrogens with zero attached hydrogens (tertiary/aromatic N) is 2. The van der Waals surface area contributed by atoms with E-state index < -0.39 is 0 Å². The molecule has 0 aliphatic heterocycles. The van der Waals surface area contributed by atoms with Crippen LogP contribution in [0.1, 0.15) is 62.4 Å².